The van der Waals surface area contributed by atoms with Crippen LogP contribution in [0.4, 0.5) is 8.78 Å². The molecule has 2 atom stereocenters. The normalized spacial score (nSPS) is 28.1. The first-order valence-electron chi connectivity index (χ1n) is 12.3. The number of fused-ring (bicyclic) bond motifs is 1. The highest BCUT2D eigenvalue weighted by atomic mass is 19.3. The van der Waals surface area contributed by atoms with E-state index < -0.39 is 17.9 Å². The van der Waals surface area contributed by atoms with Gasteiger partial charge in [0, 0.05) is 43.5 Å². The molecule has 2 saturated heterocycles. The number of carbonyl (C=O) groups excluding carboxylic acids is 3. The van der Waals surface area contributed by atoms with Gasteiger partial charge in [-0.2, -0.15) is 0 Å². The summed E-state index contributed by atoms with van der Waals surface area (Å²) in [7, 11) is 0. The number of halogens is 2. The van der Waals surface area contributed by atoms with Gasteiger partial charge in [0.1, 0.15) is 18.4 Å². The number of hydrogen-bond acceptors (Lipinski definition) is 5. The molecular weight excluding hydrogens is 444 g/mol. The number of likely N-dealkylation sites (tertiary alicyclic amines) is 1. The molecule has 0 aromatic heterocycles. The zero-order valence-corrected chi connectivity index (χ0v) is 19.2. The third-order valence-electron chi connectivity index (χ3n) is 7.77. The molecule has 5 rings (SSSR count). The van der Waals surface area contributed by atoms with Gasteiger partial charge in [0.2, 0.25) is 17.7 Å². The van der Waals surface area contributed by atoms with Crippen LogP contribution in [0.1, 0.15) is 73.7 Å². The summed E-state index contributed by atoms with van der Waals surface area (Å²) in [6.07, 6.45) is 4.71. The van der Waals surface area contributed by atoms with Crippen LogP contribution in [-0.4, -0.2) is 64.7 Å². The third-order valence-corrected chi connectivity index (χ3v) is 7.77. The number of nitrogens with zero attached hydrogens (tertiary/aromatic N) is 2. The van der Waals surface area contributed by atoms with Crippen LogP contribution >= 0.6 is 0 Å². The van der Waals surface area contributed by atoms with E-state index >= 15 is 0 Å². The fraction of sp³-hybridized carbons (Fsp3) is 0.640. The van der Waals surface area contributed by atoms with Crippen molar-refractivity contribution < 1.29 is 27.9 Å². The van der Waals surface area contributed by atoms with E-state index in [0.29, 0.717) is 43.7 Å². The Bertz CT molecular complexity index is 975. The van der Waals surface area contributed by atoms with Gasteiger partial charge < -0.3 is 9.64 Å². The van der Waals surface area contributed by atoms with Crippen LogP contribution in [-0.2, 0) is 16.1 Å². The first-order valence-corrected chi connectivity index (χ1v) is 12.3. The van der Waals surface area contributed by atoms with Crippen molar-refractivity contribution in [2.24, 2.45) is 0 Å². The van der Waals surface area contributed by atoms with Gasteiger partial charge in [0.15, 0.2) is 0 Å². The van der Waals surface area contributed by atoms with E-state index in [9.17, 15) is 23.2 Å². The summed E-state index contributed by atoms with van der Waals surface area (Å²) >= 11 is 0. The average molecular weight is 476 g/mol. The lowest BCUT2D eigenvalue weighted by atomic mass is 9.88. The second kappa shape index (κ2) is 9.24. The summed E-state index contributed by atoms with van der Waals surface area (Å²) in [5.41, 5.74) is 1.36. The lowest BCUT2D eigenvalue weighted by Gasteiger charge is -2.43. The van der Waals surface area contributed by atoms with E-state index in [1.54, 1.807) is 12.1 Å². The Hall–Kier alpha value is -2.55. The molecule has 1 aromatic rings. The van der Waals surface area contributed by atoms with Gasteiger partial charge in [-0.15, -0.1) is 0 Å². The number of carbonyl (C=O) groups is 3. The van der Waals surface area contributed by atoms with E-state index in [2.05, 4.69) is 10.2 Å². The highest BCUT2D eigenvalue weighted by Gasteiger charge is 2.40. The van der Waals surface area contributed by atoms with E-state index in [1.165, 1.54) is 4.90 Å². The zero-order chi connectivity index (χ0) is 23.9. The fourth-order valence-electron chi connectivity index (χ4n) is 5.87. The predicted molar refractivity (Wildman–Crippen MR) is 120 cm³/mol. The number of hydrogen-bond donors (Lipinski definition) is 1. The van der Waals surface area contributed by atoms with Gasteiger partial charge in [-0.05, 0) is 62.4 Å². The number of ether oxygens (including phenoxy) is 1. The molecule has 7 nitrogen and oxygen atoms in total. The SMILES string of the molecule is O=C1CCC(N2Cc3cc(OCC4CCCCN4C4CCC(F)(F)CC4)ccc3C2=O)C(=O)N1. The molecule has 3 aliphatic heterocycles. The zero-order valence-electron chi connectivity index (χ0n) is 19.2. The van der Waals surface area contributed by atoms with Crippen molar-refractivity contribution in [3.63, 3.8) is 0 Å². The van der Waals surface area contributed by atoms with Gasteiger partial charge in [0.25, 0.3) is 5.91 Å². The summed E-state index contributed by atoms with van der Waals surface area (Å²) < 4.78 is 33.4. The van der Waals surface area contributed by atoms with Crippen LogP contribution in [0.5, 0.6) is 5.75 Å². The average Bonchev–Trinajstić information content (AvgIpc) is 3.13. The monoisotopic (exact) mass is 475 g/mol. The number of imide groups is 1. The van der Waals surface area contributed by atoms with Crippen LogP contribution in [0.15, 0.2) is 18.2 Å². The molecule has 9 heteroatoms. The van der Waals surface area contributed by atoms with Crippen molar-refractivity contribution in [2.75, 3.05) is 13.2 Å². The minimum atomic E-state index is -2.53. The van der Waals surface area contributed by atoms with E-state index in [-0.39, 0.29) is 43.2 Å². The number of amides is 3. The maximum absolute atomic E-state index is 13.6. The first-order chi connectivity index (χ1) is 16.3. The standard InChI is InChI=1S/C25H31F2N3O4/c26-25(27)10-8-17(9-11-25)29-12-2-1-3-18(29)15-34-19-4-5-20-16(13-19)14-30(24(20)33)21-6-7-22(31)28-23(21)32/h4-5,13,17-18,21H,1-3,6-12,14-15H2,(H,28,31,32). The molecule has 34 heavy (non-hydrogen) atoms. The molecule has 0 bridgehead atoms. The van der Waals surface area contributed by atoms with Crippen molar-refractivity contribution in [3.8, 4) is 5.75 Å². The minimum absolute atomic E-state index is 0.0374. The molecule has 3 heterocycles. The summed E-state index contributed by atoms with van der Waals surface area (Å²) in [6, 6.07) is 5.11. The molecule has 1 aromatic carbocycles. The number of piperidine rings is 2. The van der Waals surface area contributed by atoms with Gasteiger partial charge in [-0.1, -0.05) is 6.42 Å². The van der Waals surface area contributed by atoms with Crippen LogP contribution in [0.25, 0.3) is 0 Å². The molecule has 3 amide bonds. The Morgan fingerprint density at radius 3 is 2.62 bits per heavy atom. The van der Waals surface area contributed by atoms with E-state index in [1.807, 2.05) is 6.07 Å². The Kier molecular flexibility index (Phi) is 6.31. The maximum atomic E-state index is 13.6. The Morgan fingerprint density at radius 2 is 1.85 bits per heavy atom. The highest BCUT2D eigenvalue weighted by Crippen LogP contribution is 2.37. The molecule has 3 fully saturated rings. The molecule has 0 radical (unpaired) electrons. The highest BCUT2D eigenvalue weighted by molar-refractivity contribution is 6.05. The summed E-state index contributed by atoms with van der Waals surface area (Å²) in [5, 5.41) is 2.31. The predicted octanol–water partition coefficient (Wildman–Crippen LogP) is 3.26. The van der Waals surface area contributed by atoms with Gasteiger partial charge in [-0.25, -0.2) is 8.78 Å². The molecule has 184 valence electrons. The number of benzene rings is 1. The lowest BCUT2D eigenvalue weighted by molar-refractivity contribution is -0.136. The molecular formula is C25H31F2N3O4. The summed E-state index contributed by atoms with van der Waals surface area (Å²) in [6.45, 7) is 1.71. The summed E-state index contributed by atoms with van der Waals surface area (Å²) in [5.74, 6) is -2.80. The Labute approximate surface area is 197 Å². The second-order valence-corrected chi connectivity index (χ2v) is 10.0. The number of rotatable bonds is 5. The van der Waals surface area contributed by atoms with Crippen LogP contribution in [0.2, 0.25) is 0 Å². The molecule has 4 aliphatic rings. The number of nitrogens with one attached hydrogen (secondary N) is 1. The lowest BCUT2D eigenvalue weighted by Crippen LogP contribution is -2.52. The molecule has 1 aliphatic carbocycles. The van der Waals surface area contributed by atoms with Crippen molar-refractivity contribution in [1.82, 2.24) is 15.1 Å². The molecule has 2 unspecified atom stereocenters. The largest absolute Gasteiger partial charge is 0.492 e. The van der Waals surface area contributed by atoms with Crippen molar-refractivity contribution in [3.05, 3.63) is 29.3 Å². The Morgan fingerprint density at radius 1 is 1.06 bits per heavy atom. The van der Waals surface area contributed by atoms with E-state index in [4.69, 9.17) is 4.74 Å². The quantitative estimate of drug-likeness (QED) is 0.662. The second-order valence-electron chi connectivity index (χ2n) is 10.0. The van der Waals surface area contributed by atoms with Crippen molar-refractivity contribution >= 4 is 17.7 Å². The number of alkyl halides is 2. The van der Waals surface area contributed by atoms with E-state index in [0.717, 1.165) is 31.4 Å². The smallest absolute Gasteiger partial charge is 0.255 e. The summed E-state index contributed by atoms with van der Waals surface area (Å²) in [4.78, 5) is 40.4. The Balaban J connectivity index is 1.22. The maximum Gasteiger partial charge on any atom is 0.255 e. The van der Waals surface area contributed by atoms with Gasteiger partial charge >= 0.3 is 0 Å². The molecule has 0 spiro atoms. The van der Waals surface area contributed by atoms with Crippen molar-refractivity contribution in [1.29, 1.82) is 0 Å². The molecule has 1 N–H and O–H groups in total. The topological polar surface area (TPSA) is 79.0 Å². The minimum Gasteiger partial charge on any atom is -0.492 e. The first kappa shape index (κ1) is 23.2. The molecule has 1 saturated carbocycles. The van der Waals surface area contributed by atoms with Crippen molar-refractivity contribution in [2.45, 2.75) is 88.4 Å². The van der Waals surface area contributed by atoms with Crippen LogP contribution < -0.4 is 10.1 Å². The van der Waals surface area contributed by atoms with Gasteiger partial charge in [0.05, 0.1) is 0 Å². The fourth-order valence-corrected chi connectivity index (χ4v) is 5.87. The van der Waals surface area contributed by atoms with Gasteiger partial charge in [-0.3, -0.25) is 24.6 Å². The third kappa shape index (κ3) is 4.67. The van der Waals surface area contributed by atoms with Crippen LogP contribution in [0, 0.1) is 0 Å². The van der Waals surface area contributed by atoms with Crippen LogP contribution in [0.3, 0.4) is 0 Å².